The summed E-state index contributed by atoms with van der Waals surface area (Å²) in [6.07, 6.45) is 3.78. The molecule has 3 nitrogen and oxygen atoms in total. The zero-order valence-electron chi connectivity index (χ0n) is 12.1. The minimum atomic E-state index is -0.879. The van der Waals surface area contributed by atoms with Crippen LogP contribution in [0.5, 0.6) is 0 Å². The van der Waals surface area contributed by atoms with E-state index in [0.29, 0.717) is 5.56 Å². The van der Waals surface area contributed by atoms with Crippen molar-refractivity contribution in [2.24, 2.45) is 0 Å². The molecule has 1 saturated carbocycles. The molecule has 2 aromatic rings. The Kier molecular flexibility index (Phi) is 4.66. The van der Waals surface area contributed by atoms with Crippen molar-refractivity contribution >= 4 is 33.2 Å². The van der Waals surface area contributed by atoms with Gasteiger partial charge in [0, 0.05) is 23.4 Å². The Morgan fingerprint density at radius 1 is 1.23 bits per heavy atom. The molecule has 1 fully saturated rings. The summed E-state index contributed by atoms with van der Waals surface area (Å²) in [5.74, 6) is -0.879. The van der Waals surface area contributed by atoms with Gasteiger partial charge in [-0.05, 0) is 58.6 Å². The molecule has 1 heterocycles. The monoisotopic (exact) mass is 379 g/mol. The predicted octanol–water partition coefficient (Wildman–Crippen LogP) is 4.42. The van der Waals surface area contributed by atoms with Crippen molar-refractivity contribution in [1.29, 1.82) is 0 Å². The second kappa shape index (κ2) is 6.52. The van der Waals surface area contributed by atoms with Crippen LogP contribution in [0.25, 0.3) is 0 Å². The minimum Gasteiger partial charge on any atom is -0.478 e. The van der Waals surface area contributed by atoms with Gasteiger partial charge in [-0.25, -0.2) is 4.79 Å². The van der Waals surface area contributed by atoms with Gasteiger partial charge in [0.25, 0.3) is 0 Å². The Balaban J connectivity index is 1.59. The fraction of sp³-hybridized carbons (Fsp3) is 0.353. The maximum absolute atomic E-state index is 10.8. The highest BCUT2D eigenvalue weighted by atomic mass is 79.9. The molecular weight excluding hydrogens is 362 g/mol. The highest BCUT2D eigenvalue weighted by Gasteiger charge is 2.39. The van der Waals surface area contributed by atoms with Crippen LogP contribution in [-0.4, -0.2) is 17.6 Å². The lowest BCUT2D eigenvalue weighted by atomic mass is 9.67. The Morgan fingerprint density at radius 3 is 2.45 bits per heavy atom. The highest BCUT2D eigenvalue weighted by molar-refractivity contribution is 9.11. The quantitative estimate of drug-likeness (QED) is 0.780. The molecule has 0 amide bonds. The molecule has 2 N–H and O–H groups in total. The van der Waals surface area contributed by atoms with E-state index in [4.69, 9.17) is 5.11 Å². The van der Waals surface area contributed by atoms with Gasteiger partial charge in [0.15, 0.2) is 0 Å². The molecule has 3 rings (SSSR count). The van der Waals surface area contributed by atoms with E-state index in [1.54, 1.807) is 12.1 Å². The van der Waals surface area contributed by atoms with E-state index in [0.717, 1.165) is 18.7 Å². The number of benzene rings is 1. The number of aromatic carboxylic acids is 1. The van der Waals surface area contributed by atoms with Crippen molar-refractivity contribution in [3.63, 3.8) is 0 Å². The van der Waals surface area contributed by atoms with Gasteiger partial charge in [0.05, 0.1) is 9.35 Å². The molecule has 0 saturated heterocycles. The lowest BCUT2D eigenvalue weighted by molar-refractivity contribution is 0.0697. The van der Waals surface area contributed by atoms with Crippen molar-refractivity contribution < 1.29 is 9.90 Å². The highest BCUT2D eigenvalue weighted by Crippen LogP contribution is 2.46. The first-order valence-corrected chi connectivity index (χ1v) is 8.99. The molecule has 22 heavy (non-hydrogen) atoms. The largest absolute Gasteiger partial charge is 0.478 e. The Hall–Kier alpha value is -1.17. The number of halogens is 1. The molecule has 1 aromatic carbocycles. The van der Waals surface area contributed by atoms with Gasteiger partial charge < -0.3 is 10.4 Å². The SMILES string of the molecule is O=C(O)c1ccc(CNCC2(c3ccc(Br)s3)CCC2)cc1. The molecule has 0 spiro atoms. The third-order valence-corrected chi connectivity index (χ3v) is 6.27. The fourth-order valence-corrected chi connectivity index (χ4v) is 4.55. The molecule has 0 atom stereocenters. The van der Waals surface area contributed by atoms with Crippen molar-refractivity contribution in [2.45, 2.75) is 31.2 Å². The van der Waals surface area contributed by atoms with Crippen LogP contribution < -0.4 is 5.32 Å². The van der Waals surface area contributed by atoms with E-state index in [2.05, 4.69) is 33.4 Å². The van der Waals surface area contributed by atoms with E-state index in [1.165, 1.54) is 27.9 Å². The van der Waals surface area contributed by atoms with E-state index < -0.39 is 5.97 Å². The maximum Gasteiger partial charge on any atom is 0.335 e. The van der Waals surface area contributed by atoms with Crippen LogP contribution in [0.4, 0.5) is 0 Å². The molecule has 0 radical (unpaired) electrons. The number of carboxylic acid groups (broad SMARTS) is 1. The number of carboxylic acids is 1. The first kappa shape index (κ1) is 15.7. The number of hydrogen-bond donors (Lipinski definition) is 2. The van der Waals surface area contributed by atoms with Gasteiger partial charge in [-0.3, -0.25) is 0 Å². The summed E-state index contributed by atoms with van der Waals surface area (Å²) >= 11 is 5.38. The molecule has 0 aliphatic heterocycles. The predicted molar refractivity (Wildman–Crippen MR) is 92.7 cm³/mol. The average molecular weight is 380 g/mol. The molecule has 1 aliphatic carbocycles. The van der Waals surface area contributed by atoms with Gasteiger partial charge in [-0.15, -0.1) is 11.3 Å². The third kappa shape index (κ3) is 3.26. The number of thiophene rings is 1. The smallest absolute Gasteiger partial charge is 0.335 e. The standard InChI is InChI=1S/C17H18BrNO2S/c18-15-7-6-14(22-15)17(8-1-9-17)11-19-10-12-2-4-13(5-3-12)16(20)21/h2-7,19H,1,8-11H2,(H,20,21). The summed E-state index contributed by atoms with van der Waals surface area (Å²) < 4.78 is 1.19. The van der Waals surface area contributed by atoms with E-state index in [1.807, 2.05) is 23.5 Å². The zero-order chi connectivity index (χ0) is 15.6. The van der Waals surface area contributed by atoms with Crippen LogP contribution >= 0.6 is 27.3 Å². The van der Waals surface area contributed by atoms with Gasteiger partial charge in [0.2, 0.25) is 0 Å². The van der Waals surface area contributed by atoms with Gasteiger partial charge >= 0.3 is 5.97 Å². The van der Waals surface area contributed by atoms with E-state index in [-0.39, 0.29) is 5.41 Å². The summed E-state index contributed by atoms with van der Waals surface area (Å²) in [7, 11) is 0. The van der Waals surface area contributed by atoms with Crippen molar-refractivity contribution in [3.8, 4) is 0 Å². The lowest BCUT2D eigenvalue weighted by Crippen LogP contribution is -2.43. The van der Waals surface area contributed by atoms with E-state index in [9.17, 15) is 4.79 Å². The van der Waals surface area contributed by atoms with E-state index >= 15 is 0 Å². The molecule has 0 unspecified atom stereocenters. The Labute approximate surface area is 142 Å². The minimum absolute atomic E-state index is 0.289. The van der Waals surface area contributed by atoms with Gasteiger partial charge in [0.1, 0.15) is 0 Å². The number of hydrogen-bond acceptors (Lipinski definition) is 3. The summed E-state index contributed by atoms with van der Waals surface area (Å²) in [6, 6.07) is 11.4. The molecular formula is C17H18BrNO2S. The Bertz CT molecular complexity index is 662. The average Bonchev–Trinajstić information content (AvgIpc) is 2.89. The van der Waals surface area contributed by atoms with Crippen LogP contribution in [-0.2, 0) is 12.0 Å². The Morgan fingerprint density at radius 2 is 1.95 bits per heavy atom. The van der Waals surface area contributed by atoms with Gasteiger partial charge in [-0.1, -0.05) is 18.6 Å². The molecule has 1 aromatic heterocycles. The number of carbonyl (C=O) groups is 1. The molecule has 116 valence electrons. The number of nitrogens with one attached hydrogen (secondary N) is 1. The van der Waals surface area contributed by atoms with Crippen LogP contribution in [0.15, 0.2) is 40.2 Å². The molecule has 5 heteroatoms. The second-order valence-corrected chi connectivity index (χ2v) is 8.31. The van der Waals surface area contributed by atoms with Crippen LogP contribution in [0, 0.1) is 0 Å². The van der Waals surface area contributed by atoms with Gasteiger partial charge in [-0.2, -0.15) is 0 Å². The third-order valence-electron chi connectivity index (χ3n) is 4.40. The summed E-state index contributed by atoms with van der Waals surface area (Å²) in [5, 5.41) is 12.5. The molecule has 0 bridgehead atoms. The first-order chi connectivity index (χ1) is 10.6. The summed E-state index contributed by atoms with van der Waals surface area (Å²) in [5.41, 5.74) is 1.74. The van der Waals surface area contributed by atoms with Crippen LogP contribution in [0.3, 0.4) is 0 Å². The fourth-order valence-electron chi connectivity index (χ4n) is 2.92. The lowest BCUT2D eigenvalue weighted by Gasteiger charge is -2.41. The summed E-state index contributed by atoms with van der Waals surface area (Å²) in [6.45, 7) is 1.74. The van der Waals surface area contributed by atoms with Crippen molar-refractivity contribution in [2.75, 3.05) is 6.54 Å². The normalized spacial score (nSPS) is 16.2. The first-order valence-electron chi connectivity index (χ1n) is 7.38. The van der Waals surface area contributed by atoms with Crippen LogP contribution in [0.2, 0.25) is 0 Å². The summed E-state index contributed by atoms with van der Waals surface area (Å²) in [4.78, 5) is 12.3. The van der Waals surface area contributed by atoms with Crippen molar-refractivity contribution in [1.82, 2.24) is 5.32 Å². The molecule has 1 aliphatic rings. The topological polar surface area (TPSA) is 49.3 Å². The zero-order valence-corrected chi connectivity index (χ0v) is 14.5. The maximum atomic E-state index is 10.8. The second-order valence-electron chi connectivity index (χ2n) is 5.84. The number of rotatable bonds is 6. The van der Waals surface area contributed by atoms with Crippen LogP contribution in [0.1, 0.15) is 40.1 Å². The van der Waals surface area contributed by atoms with Crippen molar-refractivity contribution in [3.05, 3.63) is 56.2 Å².